The Bertz CT molecular complexity index is 669. The van der Waals surface area contributed by atoms with Gasteiger partial charge in [0, 0.05) is 26.2 Å². The van der Waals surface area contributed by atoms with Crippen LogP contribution in [0.5, 0.6) is 0 Å². The van der Waals surface area contributed by atoms with Crippen molar-refractivity contribution in [1.29, 1.82) is 0 Å². The first-order chi connectivity index (χ1) is 9.86. The van der Waals surface area contributed by atoms with Crippen molar-refractivity contribution in [3.8, 4) is 0 Å². The molecule has 0 radical (unpaired) electrons. The third-order valence-corrected chi connectivity index (χ3v) is 6.37. The van der Waals surface area contributed by atoms with Crippen LogP contribution in [0.3, 0.4) is 0 Å². The number of anilines is 1. The Balaban J connectivity index is 2.39. The maximum Gasteiger partial charge on any atom is 0.304 e. The van der Waals surface area contributed by atoms with Crippen molar-refractivity contribution in [3.05, 3.63) is 16.2 Å². The first kappa shape index (κ1) is 15.7. The van der Waals surface area contributed by atoms with E-state index in [0.29, 0.717) is 13.0 Å². The SMILES string of the molecule is CNc1sc(S(=O)(=O)N2CCCNC(=O)C2)cc1[N+](=O)[O-]. The Hall–Kier alpha value is -1.72. The topological polar surface area (TPSA) is 122 Å². The first-order valence-electron chi connectivity index (χ1n) is 6.09. The second kappa shape index (κ2) is 5.95. The summed E-state index contributed by atoms with van der Waals surface area (Å²) in [7, 11) is -2.44. The molecule has 2 rings (SSSR count). The van der Waals surface area contributed by atoms with Gasteiger partial charge in [0.2, 0.25) is 5.91 Å². The van der Waals surface area contributed by atoms with E-state index in [1.165, 1.54) is 7.05 Å². The fourth-order valence-electron chi connectivity index (χ4n) is 1.91. The summed E-state index contributed by atoms with van der Waals surface area (Å²) in [5.74, 6) is -0.379. The summed E-state index contributed by atoms with van der Waals surface area (Å²) in [6.45, 7) is 0.335. The Morgan fingerprint density at radius 3 is 2.81 bits per heavy atom. The molecule has 11 heteroatoms. The van der Waals surface area contributed by atoms with E-state index in [4.69, 9.17) is 0 Å². The van der Waals surface area contributed by atoms with Crippen LogP contribution in [0, 0.1) is 10.1 Å². The van der Waals surface area contributed by atoms with E-state index < -0.39 is 14.9 Å². The zero-order valence-electron chi connectivity index (χ0n) is 11.2. The van der Waals surface area contributed by atoms with Gasteiger partial charge in [0.05, 0.1) is 11.5 Å². The Morgan fingerprint density at radius 2 is 2.24 bits per heavy atom. The molecule has 0 bridgehead atoms. The molecule has 9 nitrogen and oxygen atoms in total. The average molecular weight is 334 g/mol. The highest BCUT2D eigenvalue weighted by atomic mass is 32.2. The van der Waals surface area contributed by atoms with Crippen LogP contribution in [0.2, 0.25) is 0 Å². The molecule has 1 aromatic heterocycles. The minimum absolute atomic E-state index is 0.145. The predicted molar refractivity (Wildman–Crippen MR) is 76.9 cm³/mol. The zero-order chi connectivity index (χ0) is 15.6. The molecule has 1 fully saturated rings. The average Bonchev–Trinajstić information content (AvgIpc) is 2.75. The van der Waals surface area contributed by atoms with Gasteiger partial charge in [-0.15, -0.1) is 0 Å². The first-order valence-corrected chi connectivity index (χ1v) is 8.34. The van der Waals surface area contributed by atoms with E-state index in [0.717, 1.165) is 21.7 Å². The number of hydrogen-bond donors (Lipinski definition) is 2. The van der Waals surface area contributed by atoms with E-state index in [9.17, 15) is 23.3 Å². The van der Waals surface area contributed by atoms with Gasteiger partial charge >= 0.3 is 5.69 Å². The van der Waals surface area contributed by atoms with Crippen molar-refractivity contribution in [2.24, 2.45) is 0 Å². The summed E-state index contributed by atoms with van der Waals surface area (Å²) in [5.41, 5.74) is -0.291. The van der Waals surface area contributed by atoms with Crippen molar-refractivity contribution in [1.82, 2.24) is 9.62 Å². The van der Waals surface area contributed by atoms with E-state index >= 15 is 0 Å². The van der Waals surface area contributed by atoms with Crippen molar-refractivity contribution >= 4 is 38.0 Å². The Kier molecular flexibility index (Phi) is 4.44. The zero-order valence-corrected chi connectivity index (χ0v) is 12.8. The monoisotopic (exact) mass is 334 g/mol. The van der Waals surface area contributed by atoms with Crippen LogP contribution in [0.1, 0.15) is 6.42 Å². The standard InChI is InChI=1S/C10H14N4O5S2/c1-11-10-7(14(16)17)5-9(20-10)21(18,19)13-4-2-3-12-8(15)6-13/h5,11H,2-4,6H2,1H3,(H,12,15). The molecule has 1 aliphatic heterocycles. The fourth-order valence-corrected chi connectivity index (χ4v) is 4.78. The van der Waals surface area contributed by atoms with Gasteiger partial charge in [0.15, 0.2) is 5.00 Å². The minimum Gasteiger partial charge on any atom is -0.374 e. The molecule has 116 valence electrons. The summed E-state index contributed by atoms with van der Waals surface area (Å²) in [4.78, 5) is 21.7. The summed E-state index contributed by atoms with van der Waals surface area (Å²) in [5, 5.41) is 16.3. The number of hydrogen-bond acceptors (Lipinski definition) is 7. The van der Waals surface area contributed by atoms with Gasteiger partial charge in [-0.25, -0.2) is 8.42 Å². The van der Waals surface area contributed by atoms with E-state index in [-0.39, 0.29) is 33.9 Å². The molecular weight excluding hydrogens is 320 g/mol. The van der Waals surface area contributed by atoms with E-state index in [1.807, 2.05) is 0 Å². The van der Waals surface area contributed by atoms with Crippen molar-refractivity contribution in [3.63, 3.8) is 0 Å². The lowest BCUT2D eigenvalue weighted by Crippen LogP contribution is -2.37. The lowest BCUT2D eigenvalue weighted by Gasteiger charge is -2.17. The summed E-state index contributed by atoms with van der Waals surface area (Å²) in [6.07, 6.45) is 0.497. The van der Waals surface area contributed by atoms with Crippen LogP contribution in [-0.2, 0) is 14.8 Å². The molecule has 2 N–H and O–H groups in total. The molecule has 21 heavy (non-hydrogen) atoms. The normalized spacial score (nSPS) is 17.1. The number of nitro groups is 1. The van der Waals surface area contributed by atoms with Gasteiger partial charge in [0.25, 0.3) is 10.0 Å². The molecule has 1 amide bonds. The van der Waals surface area contributed by atoms with Crippen LogP contribution in [-0.4, -0.2) is 50.2 Å². The van der Waals surface area contributed by atoms with Gasteiger partial charge < -0.3 is 10.6 Å². The molecule has 2 heterocycles. The largest absolute Gasteiger partial charge is 0.374 e. The quantitative estimate of drug-likeness (QED) is 0.599. The van der Waals surface area contributed by atoms with Gasteiger partial charge in [0.1, 0.15) is 4.21 Å². The molecule has 0 saturated carbocycles. The van der Waals surface area contributed by atoms with Gasteiger partial charge in [-0.2, -0.15) is 4.31 Å². The van der Waals surface area contributed by atoms with Crippen LogP contribution >= 0.6 is 11.3 Å². The smallest absolute Gasteiger partial charge is 0.304 e. The number of nitrogens with zero attached hydrogens (tertiary/aromatic N) is 2. The second-order valence-corrected chi connectivity index (χ2v) is 7.55. The molecule has 1 aliphatic rings. The van der Waals surface area contributed by atoms with Crippen LogP contribution in [0.15, 0.2) is 10.3 Å². The summed E-state index contributed by atoms with van der Waals surface area (Å²) < 4.78 is 25.9. The maximum absolute atomic E-state index is 12.5. The number of thiophene rings is 1. The van der Waals surface area contributed by atoms with E-state index in [2.05, 4.69) is 10.6 Å². The molecule has 0 aliphatic carbocycles. The maximum atomic E-state index is 12.5. The minimum atomic E-state index is -3.92. The highest BCUT2D eigenvalue weighted by Crippen LogP contribution is 2.37. The van der Waals surface area contributed by atoms with Crippen LogP contribution < -0.4 is 10.6 Å². The molecule has 0 aromatic carbocycles. The molecular formula is C10H14N4O5S2. The van der Waals surface area contributed by atoms with Crippen LogP contribution in [0.4, 0.5) is 10.7 Å². The number of amides is 1. The predicted octanol–water partition coefficient (Wildman–Crippen LogP) is 0.209. The van der Waals surface area contributed by atoms with Crippen molar-refractivity contribution in [2.45, 2.75) is 10.6 Å². The summed E-state index contributed by atoms with van der Waals surface area (Å²) in [6, 6.07) is 1.02. The van der Waals surface area contributed by atoms with E-state index in [1.54, 1.807) is 0 Å². The molecule has 0 spiro atoms. The van der Waals surface area contributed by atoms with Crippen molar-refractivity contribution < 1.29 is 18.1 Å². The Labute approximate surface area is 125 Å². The third kappa shape index (κ3) is 3.14. The third-order valence-electron chi connectivity index (χ3n) is 2.93. The van der Waals surface area contributed by atoms with Crippen molar-refractivity contribution in [2.75, 3.05) is 32.0 Å². The molecule has 1 saturated heterocycles. The number of rotatable bonds is 4. The number of sulfonamides is 1. The summed E-state index contributed by atoms with van der Waals surface area (Å²) >= 11 is 0.782. The number of carbonyl (C=O) groups is 1. The second-order valence-electron chi connectivity index (χ2n) is 4.33. The van der Waals surface area contributed by atoms with Gasteiger partial charge in [-0.05, 0) is 6.42 Å². The number of carbonyl (C=O) groups excluding carboxylic acids is 1. The van der Waals surface area contributed by atoms with Crippen LogP contribution in [0.25, 0.3) is 0 Å². The molecule has 0 atom stereocenters. The number of nitrogens with one attached hydrogen (secondary N) is 2. The Morgan fingerprint density at radius 1 is 1.52 bits per heavy atom. The highest BCUT2D eigenvalue weighted by molar-refractivity contribution is 7.91. The fraction of sp³-hybridized carbons (Fsp3) is 0.500. The van der Waals surface area contributed by atoms with Gasteiger partial charge in [-0.1, -0.05) is 11.3 Å². The van der Waals surface area contributed by atoms with Gasteiger partial charge in [-0.3, -0.25) is 14.9 Å². The highest BCUT2D eigenvalue weighted by Gasteiger charge is 2.32. The lowest BCUT2D eigenvalue weighted by atomic mass is 10.4. The molecule has 0 unspecified atom stereocenters. The lowest BCUT2D eigenvalue weighted by molar-refractivity contribution is -0.383. The molecule has 1 aromatic rings.